The minimum Gasteiger partial charge on any atom is -0.291 e. The highest BCUT2D eigenvalue weighted by molar-refractivity contribution is 6.66. The first kappa shape index (κ1) is 17.3. The van der Waals surface area contributed by atoms with E-state index in [1.165, 1.54) is 6.07 Å². The summed E-state index contributed by atoms with van der Waals surface area (Å²) in [5.41, 5.74) is 0.941. The average molecular weight is 383 g/mol. The fourth-order valence-corrected chi connectivity index (χ4v) is 2.58. The van der Waals surface area contributed by atoms with Crippen molar-refractivity contribution in [1.82, 2.24) is 0 Å². The number of hydrogen-bond acceptors (Lipinski definition) is 3. The van der Waals surface area contributed by atoms with Gasteiger partial charge in [-0.2, -0.15) is 5.11 Å². The van der Waals surface area contributed by atoms with Gasteiger partial charge in [-0.3, -0.25) is 4.79 Å². The number of alkyl halides is 4. The van der Waals surface area contributed by atoms with E-state index in [2.05, 4.69) is 10.2 Å². The van der Waals surface area contributed by atoms with Crippen molar-refractivity contribution in [3.63, 3.8) is 0 Å². The summed E-state index contributed by atoms with van der Waals surface area (Å²) >= 11 is 33.9. The third-order valence-corrected chi connectivity index (χ3v) is 3.42. The van der Waals surface area contributed by atoms with Gasteiger partial charge < -0.3 is 0 Å². The Kier molecular flexibility index (Phi) is 6.18. The van der Waals surface area contributed by atoms with Gasteiger partial charge in [-0.25, -0.2) is 0 Å². The number of nitrogens with zero attached hydrogens (tertiary/aromatic N) is 2. The molecule has 0 radical (unpaired) electrons. The summed E-state index contributed by atoms with van der Waals surface area (Å²) in [6.07, 6.45) is 0. The molecule has 0 aliphatic carbocycles. The van der Waals surface area contributed by atoms with E-state index < -0.39 is 15.1 Å². The molecule has 3 nitrogen and oxygen atoms in total. The normalized spacial score (nSPS) is 12.4. The number of rotatable bonds is 4. The molecule has 0 fully saturated rings. The molecule has 0 amide bonds. The minimum absolute atomic E-state index is 0.249. The monoisotopic (exact) mass is 380 g/mol. The van der Waals surface area contributed by atoms with Crippen LogP contribution in [0.1, 0.15) is 5.56 Å². The standard InChI is InChI=1S/C10H6Cl6N2O/c1-4-2-5(11)3-6(12)7(4)17-18-10(15,16)8(19)9(13)14/h2-3,9H,1H3. The van der Waals surface area contributed by atoms with E-state index in [1.54, 1.807) is 13.0 Å². The number of aryl methyl sites for hydroxylation is 1. The van der Waals surface area contributed by atoms with Crippen LogP contribution in [0, 0.1) is 6.92 Å². The molecule has 19 heavy (non-hydrogen) atoms. The van der Waals surface area contributed by atoms with Crippen LogP contribution in [0.4, 0.5) is 5.69 Å². The molecule has 0 aliphatic heterocycles. The van der Waals surface area contributed by atoms with Crippen LogP contribution in [0.3, 0.4) is 0 Å². The molecule has 1 aromatic carbocycles. The Morgan fingerprint density at radius 1 is 1.26 bits per heavy atom. The van der Waals surface area contributed by atoms with Gasteiger partial charge in [0.1, 0.15) is 5.69 Å². The van der Waals surface area contributed by atoms with E-state index >= 15 is 0 Å². The molecule has 0 aliphatic rings. The number of carbonyl (C=O) groups is 1. The average Bonchev–Trinajstić information content (AvgIpc) is 2.26. The Morgan fingerprint density at radius 2 is 1.84 bits per heavy atom. The van der Waals surface area contributed by atoms with Crippen molar-refractivity contribution in [2.75, 3.05) is 0 Å². The summed E-state index contributed by atoms with van der Waals surface area (Å²) in [5, 5.41) is 7.96. The van der Waals surface area contributed by atoms with E-state index in [0.717, 1.165) is 0 Å². The molecule has 0 saturated carbocycles. The predicted molar refractivity (Wildman–Crippen MR) is 80.7 cm³/mol. The third-order valence-electron chi connectivity index (χ3n) is 1.99. The smallest absolute Gasteiger partial charge is 0.289 e. The van der Waals surface area contributed by atoms with Crippen molar-refractivity contribution >= 4 is 81.1 Å². The third kappa shape index (κ3) is 4.62. The van der Waals surface area contributed by atoms with Gasteiger partial charge in [0.25, 0.3) is 4.46 Å². The fourth-order valence-electron chi connectivity index (χ4n) is 1.11. The number of hydrogen-bond donors (Lipinski definition) is 0. The zero-order chi connectivity index (χ0) is 14.8. The fraction of sp³-hybridized carbons (Fsp3) is 0.300. The molecule has 0 bridgehead atoms. The van der Waals surface area contributed by atoms with Gasteiger partial charge >= 0.3 is 0 Å². The maximum Gasteiger partial charge on any atom is 0.289 e. The molecule has 0 saturated heterocycles. The molecular weight excluding hydrogens is 377 g/mol. The lowest BCUT2D eigenvalue weighted by molar-refractivity contribution is -0.118. The quantitative estimate of drug-likeness (QED) is 0.363. The summed E-state index contributed by atoms with van der Waals surface area (Å²) < 4.78 is -2.18. The second-order valence-electron chi connectivity index (χ2n) is 3.46. The van der Waals surface area contributed by atoms with E-state index in [1.807, 2.05) is 0 Å². The van der Waals surface area contributed by atoms with Crippen molar-refractivity contribution < 1.29 is 4.79 Å². The molecule has 0 N–H and O–H groups in total. The molecule has 1 rings (SSSR count). The first-order valence-corrected chi connectivity index (χ1v) is 7.12. The highest BCUT2D eigenvalue weighted by atomic mass is 35.5. The number of azo groups is 1. The van der Waals surface area contributed by atoms with Gasteiger partial charge in [0.15, 0.2) is 4.84 Å². The summed E-state index contributed by atoms with van der Waals surface area (Å²) in [7, 11) is 0. The van der Waals surface area contributed by atoms with Crippen LogP contribution >= 0.6 is 69.6 Å². The molecule has 9 heteroatoms. The lowest BCUT2D eigenvalue weighted by atomic mass is 10.2. The Balaban J connectivity index is 3.09. The predicted octanol–water partition coefficient (Wildman–Crippen LogP) is 5.89. The number of carbonyl (C=O) groups excluding carboxylic acids is 1. The van der Waals surface area contributed by atoms with E-state index in [4.69, 9.17) is 69.6 Å². The van der Waals surface area contributed by atoms with Gasteiger partial charge in [-0.15, -0.1) is 5.11 Å². The summed E-state index contributed by atoms with van der Waals surface area (Å²) in [4.78, 5) is 10.1. The molecule has 0 aromatic heterocycles. The summed E-state index contributed by atoms with van der Waals surface area (Å²) in [6, 6.07) is 3.10. The minimum atomic E-state index is -2.18. The van der Waals surface area contributed by atoms with E-state index in [0.29, 0.717) is 16.3 Å². The highest BCUT2D eigenvalue weighted by Gasteiger charge is 2.37. The number of benzene rings is 1. The molecule has 0 atom stereocenters. The SMILES string of the molecule is Cc1cc(Cl)cc(Cl)c1N=NC(Cl)(Cl)C(=O)C(Cl)Cl. The second-order valence-corrected chi connectivity index (χ2v) is 6.69. The zero-order valence-electron chi connectivity index (χ0n) is 9.30. The topological polar surface area (TPSA) is 41.8 Å². The zero-order valence-corrected chi connectivity index (χ0v) is 13.8. The number of ketones is 1. The summed E-state index contributed by atoms with van der Waals surface area (Å²) in [5.74, 6) is -0.898. The summed E-state index contributed by atoms with van der Waals surface area (Å²) in [6.45, 7) is 1.71. The Hall–Kier alpha value is 0.230. The first-order chi connectivity index (χ1) is 8.65. The Labute approximate surface area is 139 Å². The molecule has 104 valence electrons. The van der Waals surface area contributed by atoms with Crippen LogP contribution in [0.2, 0.25) is 10.0 Å². The highest BCUT2D eigenvalue weighted by Crippen LogP contribution is 2.35. The number of Topliss-reactive ketones (excluding diaryl/α,β-unsaturated/α-hetero) is 1. The van der Waals surface area contributed by atoms with E-state index in [9.17, 15) is 4.79 Å². The largest absolute Gasteiger partial charge is 0.291 e. The lowest BCUT2D eigenvalue weighted by Gasteiger charge is -2.12. The van der Waals surface area contributed by atoms with Gasteiger partial charge in [-0.05, 0) is 24.6 Å². The molecule has 0 unspecified atom stereocenters. The molecule has 0 spiro atoms. The Bertz CT molecular complexity index is 506. The van der Waals surface area contributed by atoms with Crippen LogP contribution in [0.15, 0.2) is 22.4 Å². The van der Waals surface area contributed by atoms with Crippen molar-refractivity contribution in [1.29, 1.82) is 0 Å². The molecular formula is C10H6Cl6N2O. The van der Waals surface area contributed by atoms with Gasteiger partial charge in [0.05, 0.1) is 5.02 Å². The van der Waals surface area contributed by atoms with Gasteiger partial charge in [-0.1, -0.05) is 69.6 Å². The van der Waals surface area contributed by atoms with Crippen molar-refractivity contribution in [3.8, 4) is 0 Å². The van der Waals surface area contributed by atoms with Crippen LogP contribution in [-0.2, 0) is 4.79 Å². The van der Waals surface area contributed by atoms with Crippen LogP contribution in [-0.4, -0.2) is 15.1 Å². The van der Waals surface area contributed by atoms with Gasteiger partial charge in [0, 0.05) is 5.02 Å². The second kappa shape index (κ2) is 6.79. The maximum absolute atomic E-state index is 11.5. The van der Waals surface area contributed by atoms with E-state index in [-0.39, 0.29) is 5.02 Å². The van der Waals surface area contributed by atoms with Gasteiger partial charge in [0.2, 0.25) is 5.78 Å². The maximum atomic E-state index is 11.5. The first-order valence-electron chi connectivity index (χ1n) is 4.74. The van der Waals surface area contributed by atoms with Crippen LogP contribution < -0.4 is 0 Å². The van der Waals surface area contributed by atoms with Crippen molar-refractivity contribution in [2.24, 2.45) is 10.2 Å². The van der Waals surface area contributed by atoms with Crippen molar-refractivity contribution in [3.05, 3.63) is 27.7 Å². The molecule has 1 aromatic rings. The Morgan fingerprint density at radius 3 is 2.32 bits per heavy atom. The molecule has 0 heterocycles. The van der Waals surface area contributed by atoms with Crippen LogP contribution in [0.25, 0.3) is 0 Å². The number of halogens is 6. The van der Waals surface area contributed by atoms with Crippen molar-refractivity contribution in [2.45, 2.75) is 16.2 Å². The lowest BCUT2D eigenvalue weighted by Crippen LogP contribution is -2.28. The van der Waals surface area contributed by atoms with Crippen LogP contribution in [0.5, 0.6) is 0 Å².